The van der Waals surface area contributed by atoms with E-state index < -0.39 is 48.9 Å². The fourth-order valence-corrected chi connectivity index (χ4v) is 2.33. The normalized spacial score (nSPS) is 32.1. The highest BCUT2D eigenvalue weighted by molar-refractivity contribution is 5.93. The van der Waals surface area contributed by atoms with Gasteiger partial charge in [0.05, 0.1) is 6.61 Å². The molecule has 6 N–H and O–H groups in total. The molecule has 1 aliphatic rings. The van der Waals surface area contributed by atoms with Crippen LogP contribution in [0.2, 0.25) is 0 Å². The lowest BCUT2D eigenvalue weighted by Gasteiger charge is -2.44. The minimum absolute atomic E-state index is 0.104. The maximum atomic E-state index is 12.4. The van der Waals surface area contributed by atoms with Crippen molar-refractivity contribution in [3.63, 3.8) is 0 Å². The number of aliphatic hydroxyl groups is 4. The van der Waals surface area contributed by atoms with Crippen molar-refractivity contribution in [1.29, 1.82) is 0 Å². The van der Waals surface area contributed by atoms with Gasteiger partial charge in [-0.3, -0.25) is 10.5 Å². The second-order valence-corrected chi connectivity index (χ2v) is 5.47. The summed E-state index contributed by atoms with van der Waals surface area (Å²) in [6.07, 6.45) is -6.84. The maximum Gasteiger partial charge on any atom is 0.345 e. The molecule has 138 valence electrons. The summed E-state index contributed by atoms with van der Waals surface area (Å²) in [6, 6.07) is 5.61. The van der Waals surface area contributed by atoms with E-state index in [1.54, 1.807) is 0 Å². The number of esters is 2. The number of carbonyl (C=O) groups is 2. The van der Waals surface area contributed by atoms with Gasteiger partial charge in [-0.1, -0.05) is 12.1 Å². The minimum atomic E-state index is -2.54. The molecular formula is C15H19NO9. The van der Waals surface area contributed by atoms with Crippen LogP contribution in [0.3, 0.4) is 0 Å². The summed E-state index contributed by atoms with van der Waals surface area (Å²) in [5.74, 6) is -4.42. The Balaban J connectivity index is 2.26. The average Bonchev–Trinajstić information content (AvgIpc) is 2.56. The number of para-hydroxylation sites is 1. The Bertz CT molecular complexity index is 650. The molecule has 10 heteroatoms. The lowest BCUT2D eigenvalue weighted by Crippen LogP contribution is -2.70. The third-order valence-electron chi connectivity index (χ3n) is 3.59. The summed E-state index contributed by atoms with van der Waals surface area (Å²) in [5.41, 5.74) is 5.52. The van der Waals surface area contributed by atoms with E-state index in [1.165, 1.54) is 24.3 Å². The van der Waals surface area contributed by atoms with Gasteiger partial charge in [0.1, 0.15) is 29.6 Å². The van der Waals surface area contributed by atoms with Crippen LogP contribution in [-0.2, 0) is 14.3 Å². The molecule has 1 aliphatic heterocycles. The maximum absolute atomic E-state index is 12.4. The molecule has 10 nitrogen and oxygen atoms in total. The first-order chi connectivity index (χ1) is 11.7. The SMILES string of the molecule is CC(=O)Oc1ccccc1C(=O)O[C@]1(N)O[C@H](CO)[C@H](O)[C@H](O)[C@H]1O. The smallest absolute Gasteiger partial charge is 0.345 e. The van der Waals surface area contributed by atoms with Crippen LogP contribution >= 0.6 is 0 Å². The van der Waals surface area contributed by atoms with Crippen LogP contribution in [0.4, 0.5) is 0 Å². The van der Waals surface area contributed by atoms with Crippen molar-refractivity contribution in [2.24, 2.45) is 5.73 Å². The summed E-state index contributed by atoms with van der Waals surface area (Å²) in [5, 5.41) is 38.6. The lowest BCUT2D eigenvalue weighted by molar-refractivity contribution is -0.344. The van der Waals surface area contributed by atoms with E-state index in [-0.39, 0.29) is 11.3 Å². The van der Waals surface area contributed by atoms with Crippen LogP contribution in [-0.4, -0.2) is 69.3 Å². The highest BCUT2D eigenvalue weighted by Crippen LogP contribution is 2.29. The third-order valence-corrected chi connectivity index (χ3v) is 3.59. The van der Waals surface area contributed by atoms with E-state index in [2.05, 4.69) is 0 Å². The van der Waals surface area contributed by atoms with Crippen molar-refractivity contribution in [1.82, 2.24) is 0 Å². The largest absolute Gasteiger partial charge is 0.426 e. The zero-order valence-corrected chi connectivity index (χ0v) is 13.2. The van der Waals surface area contributed by atoms with Gasteiger partial charge in [-0.25, -0.2) is 4.79 Å². The topological polar surface area (TPSA) is 169 Å². The number of hydrogen-bond donors (Lipinski definition) is 5. The van der Waals surface area contributed by atoms with Gasteiger partial charge in [-0.2, -0.15) is 0 Å². The van der Waals surface area contributed by atoms with Crippen molar-refractivity contribution in [2.45, 2.75) is 37.3 Å². The molecule has 1 fully saturated rings. The molecule has 5 atom stereocenters. The summed E-state index contributed by atoms with van der Waals surface area (Å²) in [7, 11) is 0. The van der Waals surface area contributed by atoms with E-state index in [1.807, 2.05) is 0 Å². The monoisotopic (exact) mass is 357 g/mol. The molecule has 1 heterocycles. The van der Waals surface area contributed by atoms with Gasteiger partial charge < -0.3 is 34.6 Å². The molecule has 0 spiro atoms. The second kappa shape index (κ2) is 7.44. The van der Waals surface area contributed by atoms with Crippen molar-refractivity contribution < 1.29 is 44.2 Å². The number of carbonyl (C=O) groups excluding carboxylic acids is 2. The Hall–Kier alpha value is -2.08. The number of nitrogens with two attached hydrogens (primary N) is 1. The third kappa shape index (κ3) is 3.95. The van der Waals surface area contributed by atoms with Crippen LogP contribution in [0.5, 0.6) is 5.75 Å². The molecule has 0 amide bonds. The zero-order chi connectivity index (χ0) is 18.8. The lowest BCUT2D eigenvalue weighted by atomic mass is 9.97. The standard InChI is InChI=1S/C15H19NO9/c1-7(18)23-9-5-3-2-4-8(9)14(22)25-15(16)13(21)12(20)11(19)10(6-17)24-15/h2-5,10-13,17,19-21H,6,16H2,1H3/t10-,11+,12+,13-,15-/m1/s1. The van der Waals surface area contributed by atoms with E-state index in [0.29, 0.717) is 0 Å². The van der Waals surface area contributed by atoms with Crippen LogP contribution in [0.1, 0.15) is 17.3 Å². The molecule has 2 rings (SSSR count). The fourth-order valence-electron chi connectivity index (χ4n) is 2.33. The van der Waals surface area contributed by atoms with Crippen LogP contribution < -0.4 is 10.5 Å². The molecule has 0 bridgehead atoms. The molecule has 0 unspecified atom stereocenters. The van der Waals surface area contributed by atoms with E-state index in [0.717, 1.165) is 6.92 Å². The van der Waals surface area contributed by atoms with Gasteiger partial charge >= 0.3 is 17.8 Å². The highest BCUT2D eigenvalue weighted by Gasteiger charge is 2.54. The molecule has 0 aromatic heterocycles. The first-order valence-corrected chi connectivity index (χ1v) is 7.32. The predicted molar refractivity (Wildman–Crippen MR) is 80.1 cm³/mol. The average molecular weight is 357 g/mol. The highest BCUT2D eigenvalue weighted by atomic mass is 16.8. The molecule has 0 aliphatic carbocycles. The summed E-state index contributed by atoms with van der Waals surface area (Å²) in [6.45, 7) is 0.398. The number of benzene rings is 1. The van der Waals surface area contributed by atoms with Crippen LogP contribution in [0.25, 0.3) is 0 Å². The summed E-state index contributed by atoms with van der Waals surface area (Å²) >= 11 is 0. The predicted octanol–water partition coefficient (Wildman–Crippen LogP) is -2.14. The Kier molecular flexibility index (Phi) is 5.72. The van der Waals surface area contributed by atoms with Gasteiger partial charge in [0, 0.05) is 6.92 Å². The Morgan fingerprint density at radius 3 is 2.48 bits per heavy atom. The molecule has 1 aromatic carbocycles. The van der Waals surface area contributed by atoms with Crippen molar-refractivity contribution in [3.8, 4) is 5.75 Å². The Morgan fingerprint density at radius 1 is 1.24 bits per heavy atom. The quantitative estimate of drug-likeness (QED) is 0.228. The molecule has 0 radical (unpaired) electrons. The minimum Gasteiger partial charge on any atom is -0.426 e. The van der Waals surface area contributed by atoms with E-state index in [4.69, 9.17) is 25.1 Å². The fraction of sp³-hybridized carbons (Fsp3) is 0.467. The first kappa shape index (κ1) is 19.2. The van der Waals surface area contributed by atoms with E-state index in [9.17, 15) is 24.9 Å². The van der Waals surface area contributed by atoms with Crippen molar-refractivity contribution in [2.75, 3.05) is 6.61 Å². The zero-order valence-electron chi connectivity index (χ0n) is 13.2. The number of ether oxygens (including phenoxy) is 3. The van der Waals surface area contributed by atoms with Gasteiger partial charge in [0.2, 0.25) is 0 Å². The number of rotatable bonds is 4. The van der Waals surface area contributed by atoms with Crippen LogP contribution in [0, 0.1) is 0 Å². The van der Waals surface area contributed by atoms with Crippen molar-refractivity contribution in [3.05, 3.63) is 29.8 Å². The second-order valence-electron chi connectivity index (χ2n) is 5.47. The molecule has 1 aromatic rings. The Morgan fingerprint density at radius 2 is 1.88 bits per heavy atom. The number of hydrogen-bond acceptors (Lipinski definition) is 10. The molecule has 1 saturated heterocycles. The molecular weight excluding hydrogens is 338 g/mol. The van der Waals surface area contributed by atoms with E-state index >= 15 is 0 Å². The summed E-state index contributed by atoms with van der Waals surface area (Å²) in [4.78, 5) is 23.5. The van der Waals surface area contributed by atoms with Gasteiger partial charge in [-0.05, 0) is 12.1 Å². The van der Waals surface area contributed by atoms with Crippen LogP contribution in [0.15, 0.2) is 24.3 Å². The number of aliphatic hydroxyl groups excluding tert-OH is 4. The molecule has 0 saturated carbocycles. The van der Waals surface area contributed by atoms with Gasteiger partial charge in [0.15, 0.2) is 6.10 Å². The Labute approximate surface area is 142 Å². The van der Waals surface area contributed by atoms with Gasteiger partial charge in [0.25, 0.3) is 0 Å². The first-order valence-electron chi connectivity index (χ1n) is 7.32. The molecule has 25 heavy (non-hydrogen) atoms. The van der Waals surface area contributed by atoms with Crippen molar-refractivity contribution >= 4 is 11.9 Å². The summed E-state index contributed by atoms with van der Waals surface area (Å²) < 4.78 is 14.9. The van der Waals surface area contributed by atoms with Gasteiger partial charge in [-0.15, -0.1) is 0 Å².